The molecule has 0 aliphatic rings. The van der Waals surface area contributed by atoms with Gasteiger partial charge in [-0.3, -0.25) is 14.6 Å². The zero-order valence-corrected chi connectivity index (χ0v) is 23.1. The SMILES string of the molecule is CC.CC(C)(C)OC=O.CCCC=O.CNc1cncc(C(=O)/C=C/c2ccc(OC)c(OC)c2)c1. The van der Waals surface area contributed by atoms with Gasteiger partial charge in [0.25, 0.3) is 6.47 Å². The van der Waals surface area contributed by atoms with Crippen molar-refractivity contribution in [1.82, 2.24) is 4.98 Å². The quantitative estimate of drug-likeness (QED) is 0.253. The molecule has 0 atom stereocenters. The number of unbranched alkanes of at least 4 members (excludes halogenated alkanes) is 1. The molecule has 0 aliphatic carbocycles. The molecule has 2 aromatic rings. The number of hydrogen-bond donors (Lipinski definition) is 1. The van der Waals surface area contributed by atoms with E-state index in [1.165, 1.54) is 6.08 Å². The summed E-state index contributed by atoms with van der Waals surface area (Å²) in [7, 11) is 4.94. The van der Waals surface area contributed by atoms with Gasteiger partial charge in [-0.05, 0) is 57.0 Å². The molecule has 36 heavy (non-hydrogen) atoms. The third kappa shape index (κ3) is 16.0. The molecule has 1 N–H and O–H groups in total. The van der Waals surface area contributed by atoms with Crippen molar-refractivity contribution >= 4 is 30.3 Å². The van der Waals surface area contributed by atoms with Crippen LogP contribution in [0.4, 0.5) is 5.69 Å². The first kappa shape index (κ1) is 34.5. The Bertz CT molecular complexity index is 920. The van der Waals surface area contributed by atoms with Gasteiger partial charge in [-0.2, -0.15) is 0 Å². The smallest absolute Gasteiger partial charge is 0.293 e. The lowest BCUT2D eigenvalue weighted by atomic mass is 10.1. The molecule has 0 radical (unpaired) electrons. The van der Waals surface area contributed by atoms with E-state index in [0.29, 0.717) is 30.0 Å². The number of hydrogen-bond acceptors (Lipinski definition) is 8. The molecular weight excluding hydrogens is 460 g/mol. The van der Waals surface area contributed by atoms with Crippen LogP contribution in [-0.4, -0.2) is 50.4 Å². The minimum atomic E-state index is -0.318. The summed E-state index contributed by atoms with van der Waals surface area (Å²) >= 11 is 0. The van der Waals surface area contributed by atoms with Crippen LogP contribution in [0.5, 0.6) is 11.5 Å². The lowest BCUT2D eigenvalue weighted by molar-refractivity contribution is -0.138. The number of aromatic nitrogens is 1. The highest BCUT2D eigenvalue weighted by atomic mass is 16.5. The van der Waals surface area contributed by atoms with Crippen LogP contribution >= 0.6 is 0 Å². The number of carbonyl (C=O) groups is 3. The largest absolute Gasteiger partial charge is 0.493 e. The summed E-state index contributed by atoms with van der Waals surface area (Å²) in [5.74, 6) is 1.16. The van der Waals surface area contributed by atoms with E-state index < -0.39 is 0 Å². The topological polar surface area (TPSA) is 104 Å². The van der Waals surface area contributed by atoms with Crippen LogP contribution in [0, 0.1) is 0 Å². The van der Waals surface area contributed by atoms with Crippen LogP contribution in [0.1, 0.15) is 70.3 Å². The average Bonchev–Trinajstić information content (AvgIpc) is 2.88. The molecule has 0 bridgehead atoms. The van der Waals surface area contributed by atoms with Crippen molar-refractivity contribution in [2.75, 3.05) is 26.6 Å². The number of anilines is 1. The molecule has 0 aliphatic heterocycles. The first-order chi connectivity index (χ1) is 17.1. The van der Waals surface area contributed by atoms with Crippen molar-refractivity contribution in [3.8, 4) is 11.5 Å². The van der Waals surface area contributed by atoms with Gasteiger partial charge in [-0.1, -0.05) is 32.9 Å². The lowest BCUT2D eigenvalue weighted by Gasteiger charge is -2.14. The molecule has 8 heteroatoms. The summed E-state index contributed by atoms with van der Waals surface area (Å²) in [6.45, 7) is 11.9. The molecule has 200 valence electrons. The summed E-state index contributed by atoms with van der Waals surface area (Å²) in [6.07, 6.45) is 9.06. The average molecular weight is 503 g/mol. The van der Waals surface area contributed by atoms with Crippen molar-refractivity contribution in [3.63, 3.8) is 0 Å². The lowest BCUT2D eigenvalue weighted by Crippen LogP contribution is -2.17. The van der Waals surface area contributed by atoms with E-state index in [-0.39, 0.29) is 11.4 Å². The number of pyridine rings is 1. The molecular formula is C28H42N2O6. The minimum absolute atomic E-state index is 0.112. The van der Waals surface area contributed by atoms with E-state index in [1.807, 2.05) is 53.7 Å². The Balaban J connectivity index is 0. The van der Waals surface area contributed by atoms with Gasteiger partial charge in [0.2, 0.25) is 0 Å². The number of aldehydes is 1. The molecule has 1 aromatic heterocycles. The Hall–Kier alpha value is -3.68. The van der Waals surface area contributed by atoms with E-state index in [2.05, 4.69) is 15.0 Å². The van der Waals surface area contributed by atoms with E-state index in [9.17, 15) is 14.4 Å². The predicted octanol–water partition coefficient (Wildman–Crippen LogP) is 6.01. The Morgan fingerprint density at radius 3 is 2.08 bits per heavy atom. The van der Waals surface area contributed by atoms with E-state index in [0.717, 1.165) is 24.0 Å². The molecule has 0 saturated carbocycles. The highest BCUT2D eigenvalue weighted by molar-refractivity contribution is 6.07. The fraction of sp³-hybridized carbons (Fsp3) is 0.429. The number of nitrogens with one attached hydrogen (secondary N) is 1. The summed E-state index contributed by atoms with van der Waals surface area (Å²) in [4.78, 5) is 35.2. The summed E-state index contributed by atoms with van der Waals surface area (Å²) < 4.78 is 15.0. The second-order valence-corrected chi connectivity index (χ2v) is 7.81. The van der Waals surface area contributed by atoms with Crippen molar-refractivity contribution < 1.29 is 28.6 Å². The monoisotopic (exact) mass is 502 g/mol. The standard InChI is InChI=1S/C17H18N2O3.C5H10O2.C4H8O.C2H6/c1-18-14-9-13(10-19-11-14)15(20)6-4-12-5-7-16(21-2)17(8-12)22-3;1-5(2,3)7-4-6;1-2-3-4-5;1-2/h4-11,18H,1-3H3;4H,1-3H3;4H,2-3H2,1H3;1-2H3/b6-4+;;;. The molecule has 0 unspecified atom stereocenters. The summed E-state index contributed by atoms with van der Waals surface area (Å²) in [6, 6.07) is 7.22. The fourth-order valence-electron chi connectivity index (χ4n) is 2.20. The molecule has 1 aromatic carbocycles. The first-order valence-electron chi connectivity index (χ1n) is 11.8. The van der Waals surface area contributed by atoms with Crippen molar-refractivity contribution in [1.29, 1.82) is 0 Å². The van der Waals surface area contributed by atoms with E-state index in [4.69, 9.17) is 9.47 Å². The van der Waals surface area contributed by atoms with Crippen LogP contribution in [-0.2, 0) is 14.3 Å². The molecule has 0 fully saturated rings. The summed E-state index contributed by atoms with van der Waals surface area (Å²) in [5.41, 5.74) is 1.86. The maximum atomic E-state index is 12.2. The molecule has 8 nitrogen and oxygen atoms in total. The number of allylic oxidation sites excluding steroid dienone is 1. The number of ketones is 1. The van der Waals surface area contributed by atoms with Gasteiger partial charge in [-0.25, -0.2) is 0 Å². The zero-order valence-electron chi connectivity index (χ0n) is 23.1. The number of carbonyl (C=O) groups excluding carboxylic acids is 3. The van der Waals surface area contributed by atoms with Crippen LogP contribution in [0.15, 0.2) is 42.7 Å². The third-order valence-electron chi connectivity index (χ3n) is 3.95. The maximum absolute atomic E-state index is 12.2. The first-order valence-corrected chi connectivity index (χ1v) is 11.8. The van der Waals surface area contributed by atoms with Crippen LogP contribution in [0.25, 0.3) is 6.08 Å². The zero-order chi connectivity index (χ0) is 28.0. The van der Waals surface area contributed by atoms with Gasteiger partial charge in [0.1, 0.15) is 11.9 Å². The van der Waals surface area contributed by atoms with Gasteiger partial charge in [0, 0.05) is 31.4 Å². The molecule has 0 saturated heterocycles. The van der Waals surface area contributed by atoms with Gasteiger partial charge in [0.15, 0.2) is 17.3 Å². The Kier molecular flexibility index (Phi) is 19.8. The number of methoxy groups -OCH3 is 2. The Morgan fingerprint density at radius 1 is 1.03 bits per heavy atom. The maximum Gasteiger partial charge on any atom is 0.293 e. The van der Waals surface area contributed by atoms with Crippen molar-refractivity contribution in [2.24, 2.45) is 0 Å². The molecule has 1 heterocycles. The molecule has 0 spiro atoms. The van der Waals surface area contributed by atoms with E-state index >= 15 is 0 Å². The highest BCUT2D eigenvalue weighted by Gasteiger charge is 2.07. The number of ether oxygens (including phenoxy) is 3. The van der Waals surface area contributed by atoms with Gasteiger partial charge in [0.05, 0.1) is 19.9 Å². The number of nitrogens with zero attached hydrogens (tertiary/aromatic N) is 1. The molecule has 0 amide bonds. The Labute approximate surface area is 216 Å². The van der Waals surface area contributed by atoms with Crippen LogP contribution in [0.3, 0.4) is 0 Å². The van der Waals surface area contributed by atoms with Crippen molar-refractivity contribution in [2.45, 2.75) is 60.0 Å². The second-order valence-electron chi connectivity index (χ2n) is 7.81. The second kappa shape index (κ2) is 20.7. The normalized spacial score (nSPS) is 9.69. The van der Waals surface area contributed by atoms with Gasteiger partial charge < -0.3 is 24.3 Å². The summed E-state index contributed by atoms with van der Waals surface area (Å²) in [5, 5.41) is 2.95. The van der Waals surface area contributed by atoms with Crippen molar-refractivity contribution in [3.05, 3.63) is 53.9 Å². The third-order valence-corrected chi connectivity index (χ3v) is 3.95. The molecule has 2 rings (SSSR count). The number of benzene rings is 1. The van der Waals surface area contributed by atoms with Crippen LogP contribution in [0.2, 0.25) is 0 Å². The minimum Gasteiger partial charge on any atom is -0.493 e. The Morgan fingerprint density at radius 2 is 1.67 bits per heavy atom. The van der Waals surface area contributed by atoms with E-state index in [1.54, 1.807) is 51.9 Å². The van der Waals surface area contributed by atoms with Gasteiger partial charge in [-0.15, -0.1) is 0 Å². The van der Waals surface area contributed by atoms with Crippen LogP contribution < -0.4 is 14.8 Å². The van der Waals surface area contributed by atoms with Gasteiger partial charge >= 0.3 is 0 Å². The highest BCUT2D eigenvalue weighted by Crippen LogP contribution is 2.28. The predicted molar refractivity (Wildman–Crippen MR) is 146 cm³/mol. The number of rotatable bonds is 9. The fourth-order valence-corrected chi connectivity index (χ4v) is 2.20.